The molecule has 0 aromatic carbocycles. The number of hydrogen-bond donors (Lipinski definition) is 2. The lowest BCUT2D eigenvalue weighted by atomic mass is 9.98. The first-order valence-electron chi connectivity index (χ1n) is 4.35. The van der Waals surface area contributed by atoms with E-state index in [1.165, 1.54) is 0 Å². The van der Waals surface area contributed by atoms with Crippen LogP contribution in [-0.2, 0) is 10.0 Å². The van der Waals surface area contributed by atoms with E-state index in [9.17, 15) is 8.42 Å². The van der Waals surface area contributed by atoms with Crippen molar-refractivity contribution < 1.29 is 13.5 Å². The third-order valence-corrected chi connectivity index (χ3v) is 2.80. The Bertz CT molecular complexity index is 228. The SMILES string of the molecule is CC(C)(C)CNS(=O)(=O)CCCO. The molecule has 2 N–H and O–H groups in total. The molecule has 0 aromatic rings. The molecule has 4 nitrogen and oxygen atoms in total. The van der Waals surface area contributed by atoms with E-state index in [0.717, 1.165) is 0 Å². The average molecular weight is 209 g/mol. The molecular weight excluding hydrogens is 190 g/mol. The molecule has 0 rings (SSSR count). The zero-order valence-corrected chi connectivity index (χ0v) is 9.32. The number of sulfonamides is 1. The highest BCUT2D eigenvalue weighted by Crippen LogP contribution is 2.10. The summed E-state index contributed by atoms with van der Waals surface area (Å²) in [6.07, 6.45) is 0.291. The van der Waals surface area contributed by atoms with E-state index in [2.05, 4.69) is 4.72 Å². The third-order valence-electron chi connectivity index (χ3n) is 1.39. The summed E-state index contributed by atoms with van der Waals surface area (Å²) in [4.78, 5) is 0. The van der Waals surface area contributed by atoms with Crippen LogP contribution in [0.1, 0.15) is 27.2 Å². The van der Waals surface area contributed by atoms with Crippen LogP contribution in [0.2, 0.25) is 0 Å². The highest BCUT2D eigenvalue weighted by Gasteiger charge is 2.15. The number of aliphatic hydroxyl groups excluding tert-OH is 1. The average Bonchev–Trinajstić information content (AvgIpc) is 1.97. The number of nitrogens with one attached hydrogen (secondary N) is 1. The van der Waals surface area contributed by atoms with Crippen molar-refractivity contribution in [2.75, 3.05) is 18.9 Å². The van der Waals surface area contributed by atoms with E-state index < -0.39 is 10.0 Å². The number of rotatable bonds is 5. The van der Waals surface area contributed by atoms with Gasteiger partial charge in [-0.15, -0.1) is 0 Å². The molecule has 13 heavy (non-hydrogen) atoms. The molecule has 0 radical (unpaired) electrons. The predicted octanol–water partition coefficient (Wildman–Crippen LogP) is 0.334. The summed E-state index contributed by atoms with van der Waals surface area (Å²) in [7, 11) is -3.19. The topological polar surface area (TPSA) is 66.4 Å². The molecule has 0 saturated carbocycles. The zero-order valence-electron chi connectivity index (χ0n) is 8.50. The van der Waals surface area contributed by atoms with Gasteiger partial charge in [-0.05, 0) is 11.8 Å². The van der Waals surface area contributed by atoms with Crippen molar-refractivity contribution >= 4 is 10.0 Å². The largest absolute Gasteiger partial charge is 0.396 e. The smallest absolute Gasteiger partial charge is 0.211 e. The van der Waals surface area contributed by atoms with Crippen LogP contribution in [0, 0.1) is 5.41 Å². The van der Waals surface area contributed by atoms with Gasteiger partial charge in [0.05, 0.1) is 5.75 Å². The summed E-state index contributed by atoms with van der Waals surface area (Å²) < 4.78 is 24.9. The van der Waals surface area contributed by atoms with Crippen LogP contribution in [0.25, 0.3) is 0 Å². The molecule has 0 heterocycles. The van der Waals surface area contributed by atoms with Crippen LogP contribution in [0.15, 0.2) is 0 Å². The zero-order chi connectivity index (χ0) is 10.5. The summed E-state index contributed by atoms with van der Waals surface area (Å²) in [6, 6.07) is 0. The number of hydrogen-bond acceptors (Lipinski definition) is 3. The van der Waals surface area contributed by atoms with Gasteiger partial charge in [0.15, 0.2) is 0 Å². The lowest BCUT2D eigenvalue weighted by Gasteiger charge is -2.18. The van der Waals surface area contributed by atoms with Crippen molar-refractivity contribution in [2.24, 2.45) is 5.41 Å². The summed E-state index contributed by atoms with van der Waals surface area (Å²) >= 11 is 0. The summed E-state index contributed by atoms with van der Waals surface area (Å²) in [5, 5.41) is 8.47. The maximum absolute atomic E-state index is 11.2. The molecule has 0 unspecified atom stereocenters. The van der Waals surface area contributed by atoms with E-state index in [4.69, 9.17) is 5.11 Å². The molecular formula is C8H19NO3S. The minimum atomic E-state index is -3.19. The van der Waals surface area contributed by atoms with Crippen molar-refractivity contribution in [3.05, 3.63) is 0 Å². The maximum Gasteiger partial charge on any atom is 0.211 e. The Morgan fingerprint density at radius 1 is 1.31 bits per heavy atom. The van der Waals surface area contributed by atoms with Crippen molar-refractivity contribution in [1.82, 2.24) is 4.72 Å². The molecule has 5 heteroatoms. The molecule has 0 fully saturated rings. The fraction of sp³-hybridized carbons (Fsp3) is 1.00. The molecule has 0 aliphatic rings. The van der Waals surface area contributed by atoms with Crippen LogP contribution in [-0.4, -0.2) is 32.4 Å². The van der Waals surface area contributed by atoms with Crippen molar-refractivity contribution in [3.63, 3.8) is 0 Å². The molecule has 0 aromatic heterocycles. The van der Waals surface area contributed by atoms with E-state index in [0.29, 0.717) is 13.0 Å². The monoisotopic (exact) mass is 209 g/mol. The van der Waals surface area contributed by atoms with Gasteiger partial charge in [0.2, 0.25) is 10.0 Å². The maximum atomic E-state index is 11.2. The van der Waals surface area contributed by atoms with Gasteiger partial charge < -0.3 is 5.11 Å². The lowest BCUT2D eigenvalue weighted by Crippen LogP contribution is -2.34. The second kappa shape index (κ2) is 4.93. The Hall–Kier alpha value is -0.130. The third kappa shape index (κ3) is 8.21. The molecule has 0 spiro atoms. The quantitative estimate of drug-likeness (QED) is 0.686. The Kier molecular flexibility index (Phi) is 4.88. The number of aliphatic hydroxyl groups is 1. The summed E-state index contributed by atoms with van der Waals surface area (Å²) in [5.41, 5.74) is -0.0493. The minimum absolute atomic E-state index is 0.000417. The minimum Gasteiger partial charge on any atom is -0.396 e. The Labute approximate surface area is 80.4 Å². The molecule has 80 valence electrons. The standard InChI is InChI=1S/C8H19NO3S/c1-8(2,3)7-9-13(11,12)6-4-5-10/h9-10H,4-7H2,1-3H3. The Morgan fingerprint density at radius 3 is 2.23 bits per heavy atom. The van der Waals surface area contributed by atoms with Crippen molar-refractivity contribution in [3.8, 4) is 0 Å². The van der Waals surface area contributed by atoms with Gasteiger partial charge in [0.25, 0.3) is 0 Å². The van der Waals surface area contributed by atoms with E-state index in [-0.39, 0.29) is 17.8 Å². The van der Waals surface area contributed by atoms with Crippen molar-refractivity contribution in [2.45, 2.75) is 27.2 Å². The van der Waals surface area contributed by atoms with Crippen LogP contribution < -0.4 is 4.72 Å². The van der Waals surface area contributed by atoms with Crippen LogP contribution in [0.5, 0.6) is 0 Å². The molecule has 0 bridgehead atoms. The first kappa shape index (κ1) is 12.9. The van der Waals surface area contributed by atoms with Gasteiger partial charge in [-0.2, -0.15) is 0 Å². The molecule has 0 saturated heterocycles. The van der Waals surface area contributed by atoms with Crippen LogP contribution in [0.3, 0.4) is 0 Å². The van der Waals surface area contributed by atoms with Crippen LogP contribution >= 0.6 is 0 Å². The van der Waals surface area contributed by atoms with E-state index >= 15 is 0 Å². The first-order valence-corrected chi connectivity index (χ1v) is 6.00. The summed E-state index contributed by atoms with van der Waals surface area (Å²) in [6.45, 7) is 6.22. The van der Waals surface area contributed by atoms with Gasteiger partial charge >= 0.3 is 0 Å². The molecule has 0 aliphatic carbocycles. The normalized spacial score (nSPS) is 13.2. The van der Waals surface area contributed by atoms with Gasteiger partial charge in [-0.25, -0.2) is 13.1 Å². The Morgan fingerprint density at radius 2 is 1.85 bits per heavy atom. The van der Waals surface area contributed by atoms with Gasteiger partial charge in [-0.3, -0.25) is 0 Å². The van der Waals surface area contributed by atoms with Crippen LogP contribution in [0.4, 0.5) is 0 Å². The summed E-state index contributed by atoms with van der Waals surface area (Å²) in [5.74, 6) is -0.000417. The highest BCUT2D eigenvalue weighted by atomic mass is 32.2. The van der Waals surface area contributed by atoms with Crippen molar-refractivity contribution in [1.29, 1.82) is 0 Å². The fourth-order valence-electron chi connectivity index (χ4n) is 0.653. The predicted molar refractivity (Wildman–Crippen MR) is 52.9 cm³/mol. The highest BCUT2D eigenvalue weighted by molar-refractivity contribution is 7.89. The molecule has 0 aliphatic heterocycles. The lowest BCUT2D eigenvalue weighted by molar-refractivity contribution is 0.295. The Balaban J connectivity index is 3.91. The molecule has 0 atom stereocenters. The van der Waals surface area contributed by atoms with Gasteiger partial charge in [0, 0.05) is 13.2 Å². The van der Waals surface area contributed by atoms with E-state index in [1.807, 2.05) is 20.8 Å². The second-order valence-corrected chi connectivity index (χ2v) is 6.20. The van der Waals surface area contributed by atoms with Gasteiger partial charge in [-0.1, -0.05) is 20.8 Å². The first-order chi connectivity index (χ1) is 5.77. The molecule has 0 amide bonds. The van der Waals surface area contributed by atoms with E-state index in [1.54, 1.807) is 0 Å². The second-order valence-electron chi connectivity index (χ2n) is 4.28. The fourth-order valence-corrected chi connectivity index (χ4v) is 1.96. The van der Waals surface area contributed by atoms with Gasteiger partial charge in [0.1, 0.15) is 0 Å².